The summed E-state index contributed by atoms with van der Waals surface area (Å²) in [5.74, 6) is -0.616. The lowest BCUT2D eigenvalue weighted by molar-refractivity contribution is -0.160. The quantitative estimate of drug-likeness (QED) is 0.595. The predicted molar refractivity (Wildman–Crippen MR) is 104 cm³/mol. The number of aliphatic hydroxyl groups excluding tert-OH is 1. The van der Waals surface area contributed by atoms with Gasteiger partial charge in [-0.25, -0.2) is 13.9 Å². The second-order valence-electron chi connectivity index (χ2n) is 7.67. The number of nitrogens with zero attached hydrogens (tertiary/aromatic N) is 4. The van der Waals surface area contributed by atoms with Crippen LogP contribution in [0, 0.1) is 5.82 Å². The molecule has 31 heavy (non-hydrogen) atoms. The summed E-state index contributed by atoms with van der Waals surface area (Å²) in [5, 5.41) is 12.7. The smallest absolute Gasteiger partial charge is 0.391 e. The minimum Gasteiger partial charge on any atom is -0.391 e. The van der Waals surface area contributed by atoms with Gasteiger partial charge in [0.25, 0.3) is 0 Å². The van der Waals surface area contributed by atoms with Crippen LogP contribution in [0.5, 0.6) is 0 Å². The van der Waals surface area contributed by atoms with Crippen molar-refractivity contribution in [2.45, 2.75) is 43.4 Å². The van der Waals surface area contributed by atoms with Crippen LogP contribution < -0.4 is 5.73 Å². The molecule has 0 bridgehead atoms. The van der Waals surface area contributed by atoms with E-state index in [2.05, 4.69) is 15.1 Å². The van der Waals surface area contributed by atoms with E-state index >= 15 is 0 Å². The minimum atomic E-state index is -4.30. The number of hydrogen-bond donors (Lipinski definition) is 2. The lowest BCUT2D eigenvalue weighted by atomic mass is 9.97. The number of halogens is 4. The first-order chi connectivity index (χ1) is 14.7. The van der Waals surface area contributed by atoms with Crippen molar-refractivity contribution in [3.63, 3.8) is 0 Å². The number of alkyl halides is 3. The van der Waals surface area contributed by atoms with Gasteiger partial charge in [-0.05, 0) is 37.3 Å². The van der Waals surface area contributed by atoms with Gasteiger partial charge in [0, 0.05) is 18.9 Å². The van der Waals surface area contributed by atoms with Gasteiger partial charge < -0.3 is 15.6 Å². The largest absolute Gasteiger partial charge is 0.398 e. The molecule has 1 unspecified atom stereocenters. The van der Waals surface area contributed by atoms with Gasteiger partial charge in [0.15, 0.2) is 5.82 Å². The normalized spacial score (nSPS) is 20.2. The summed E-state index contributed by atoms with van der Waals surface area (Å²) in [4.78, 5) is 7.79. The number of rotatable bonds is 2. The molecule has 3 N–H and O–H groups in total. The fraction of sp³-hybridized carbons (Fsp3) is 0.450. The van der Waals surface area contributed by atoms with Gasteiger partial charge in [0.1, 0.15) is 5.52 Å². The van der Waals surface area contributed by atoms with Gasteiger partial charge >= 0.3 is 6.18 Å². The molecular formula is C20H21F4N5O2. The van der Waals surface area contributed by atoms with Crippen LogP contribution in [0.25, 0.3) is 16.9 Å². The highest BCUT2D eigenvalue weighted by atomic mass is 19.4. The number of anilines is 1. The molecule has 3 aromatic heterocycles. The number of ether oxygens (including phenoxy) is 1. The van der Waals surface area contributed by atoms with E-state index in [0.717, 1.165) is 19.4 Å². The molecule has 0 amide bonds. The topological polar surface area (TPSA) is 98.6 Å². The number of aromatic nitrogens is 4. The molecule has 3 aromatic rings. The lowest BCUT2D eigenvalue weighted by Gasteiger charge is -2.19. The number of nitrogens with two attached hydrogens (primary N) is 1. The van der Waals surface area contributed by atoms with Gasteiger partial charge in [-0.15, -0.1) is 5.10 Å². The molecule has 2 aliphatic rings. The standard InChI is InChI=1S/C15H11F4N5.C5H10O2/c16-9-5-11(24-12(9)7-22-13(20)23-24)10-2-1-8(6-21-10)14(3-4-14)15(17,18)19;6-5-2-1-3-7-4-5/h1-2,5-7H,3-4H2,(H2,20,23);5-6H,1-4H2. The summed E-state index contributed by atoms with van der Waals surface area (Å²) in [6.07, 6.45) is -0.00887. The average Bonchev–Trinajstić information content (AvgIpc) is 3.50. The van der Waals surface area contributed by atoms with Crippen LogP contribution in [0.4, 0.5) is 23.5 Å². The fourth-order valence-corrected chi connectivity index (χ4v) is 3.56. The Morgan fingerprint density at radius 3 is 2.48 bits per heavy atom. The van der Waals surface area contributed by atoms with E-state index in [-0.39, 0.29) is 36.0 Å². The summed E-state index contributed by atoms with van der Waals surface area (Å²) in [6, 6.07) is 4.01. The minimum absolute atomic E-state index is 0.0509. The second-order valence-corrected chi connectivity index (χ2v) is 7.67. The highest BCUT2D eigenvalue weighted by molar-refractivity contribution is 5.64. The van der Waals surface area contributed by atoms with Crippen LogP contribution in [0.1, 0.15) is 31.2 Å². The first-order valence-electron chi connectivity index (χ1n) is 9.80. The maximum atomic E-state index is 13.9. The monoisotopic (exact) mass is 439 g/mol. The van der Waals surface area contributed by atoms with Crippen LogP contribution in [-0.4, -0.2) is 50.2 Å². The fourth-order valence-electron chi connectivity index (χ4n) is 3.56. The van der Waals surface area contributed by atoms with Gasteiger partial charge in [-0.2, -0.15) is 13.2 Å². The van der Waals surface area contributed by atoms with Gasteiger partial charge in [-0.1, -0.05) is 6.07 Å². The molecule has 5 rings (SSSR count). The van der Waals surface area contributed by atoms with Gasteiger partial charge in [-0.3, -0.25) is 4.98 Å². The van der Waals surface area contributed by atoms with Crippen molar-refractivity contribution in [1.82, 2.24) is 19.6 Å². The Balaban J connectivity index is 0.000000282. The molecule has 1 aliphatic carbocycles. The molecule has 1 saturated carbocycles. The first-order valence-corrected chi connectivity index (χ1v) is 9.80. The van der Waals surface area contributed by atoms with E-state index in [1.165, 1.54) is 35.1 Å². The van der Waals surface area contributed by atoms with Crippen LogP contribution in [0.15, 0.2) is 30.6 Å². The lowest BCUT2D eigenvalue weighted by Crippen LogP contribution is -2.28. The third-order valence-electron chi connectivity index (χ3n) is 5.49. The molecular weight excluding hydrogens is 418 g/mol. The summed E-state index contributed by atoms with van der Waals surface area (Å²) >= 11 is 0. The van der Waals surface area contributed by atoms with E-state index in [1.54, 1.807) is 0 Å². The number of fused-ring (bicyclic) bond motifs is 1. The summed E-state index contributed by atoms with van der Waals surface area (Å²) < 4.78 is 59.6. The molecule has 1 saturated heterocycles. The Morgan fingerprint density at radius 1 is 1.19 bits per heavy atom. The second kappa shape index (κ2) is 8.04. The molecule has 0 aromatic carbocycles. The van der Waals surface area contributed by atoms with Crippen LogP contribution >= 0.6 is 0 Å². The van der Waals surface area contributed by atoms with Crippen molar-refractivity contribution in [1.29, 1.82) is 0 Å². The van der Waals surface area contributed by atoms with E-state index < -0.39 is 17.4 Å². The number of aliphatic hydroxyl groups is 1. The highest BCUT2D eigenvalue weighted by Gasteiger charge is 2.64. The van der Waals surface area contributed by atoms with Crippen molar-refractivity contribution in [2.24, 2.45) is 0 Å². The van der Waals surface area contributed by atoms with Gasteiger partial charge in [0.2, 0.25) is 5.95 Å². The molecule has 7 nitrogen and oxygen atoms in total. The SMILES string of the molecule is Nc1ncc2c(F)cc(-c3ccc(C4(C(F)(F)F)CC4)cn3)n2n1.OC1CCCOC1. The highest BCUT2D eigenvalue weighted by Crippen LogP contribution is 2.58. The molecule has 1 atom stereocenters. The molecule has 0 spiro atoms. The Labute approximate surface area is 174 Å². The molecule has 4 heterocycles. The number of hydrogen-bond acceptors (Lipinski definition) is 6. The Bertz CT molecular complexity index is 1060. The zero-order valence-corrected chi connectivity index (χ0v) is 16.4. The van der Waals surface area contributed by atoms with E-state index in [9.17, 15) is 17.6 Å². The van der Waals surface area contributed by atoms with Crippen LogP contribution in [0.3, 0.4) is 0 Å². The van der Waals surface area contributed by atoms with E-state index in [1.807, 2.05) is 0 Å². The average molecular weight is 439 g/mol. The maximum Gasteiger partial charge on any atom is 0.398 e. The molecule has 166 valence electrons. The summed E-state index contributed by atoms with van der Waals surface area (Å²) in [5.41, 5.74) is 4.53. The van der Waals surface area contributed by atoms with Crippen molar-refractivity contribution < 1.29 is 27.4 Å². The van der Waals surface area contributed by atoms with Crippen LogP contribution in [-0.2, 0) is 10.2 Å². The predicted octanol–water partition coefficient (Wildman–Crippen LogP) is 3.26. The first kappa shape index (κ1) is 21.4. The molecule has 0 radical (unpaired) electrons. The Kier molecular flexibility index (Phi) is 5.56. The zero-order valence-electron chi connectivity index (χ0n) is 16.4. The summed E-state index contributed by atoms with van der Waals surface area (Å²) in [7, 11) is 0. The third kappa shape index (κ3) is 4.19. The third-order valence-corrected chi connectivity index (χ3v) is 5.49. The molecule has 1 aliphatic heterocycles. The van der Waals surface area contributed by atoms with E-state index in [4.69, 9.17) is 15.6 Å². The van der Waals surface area contributed by atoms with Crippen molar-refractivity contribution in [2.75, 3.05) is 18.9 Å². The Hall–Kier alpha value is -2.79. The Morgan fingerprint density at radius 2 is 1.97 bits per heavy atom. The zero-order chi connectivity index (χ0) is 22.2. The molecule has 11 heteroatoms. The van der Waals surface area contributed by atoms with Crippen molar-refractivity contribution in [3.8, 4) is 11.4 Å². The van der Waals surface area contributed by atoms with Crippen molar-refractivity contribution >= 4 is 11.5 Å². The van der Waals surface area contributed by atoms with E-state index in [0.29, 0.717) is 18.0 Å². The maximum absolute atomic E-state index is 13.9. The number of nitrogen functional groups attached to an aromatic ring is 1. The van der Waals surface area contributed by atoms with Gasteiger partial charge in [0.05, 0.1) is 35.7 Å². The molecule has 2 fully saturated rings. The van der Waals surface area contributed by atoms with Crippen LogP contribution in [0.2, 0.25) is 0 Å². The van der Waals surface area contributed by atoms with Crippen molar-refractivity contribution in [3.05, 3.63) is 42.0 Å². The number of pyridine rings is 1. The summed E-state index contributed by atoms with van der Waals surface area (Å²) in [6.45, 7) is 1.37.